The number of carbonyl (C=O) groups excluding carboxylic acids is 3. The highest BCUT2D eigenvalue weighted by Gasteiger charge is 2.22. The van der Waals surface area contributed by atoms with Gasteiger partial charge in [0, 0.05) is 18.8 Å². The van der Waals surface area contributed by atoms with Gasteiger partial charge in [0.05, 0.1) is 22.3 Å². The normalized spacial score (nSPS) is 14.6. The molecule has 31 heavy (non-hydrogen) atoms. The third kappa shape index (κ3) is 6.55. The van der Waals surface area contributed by atoms with Crippen molar-refractivity contribution in [3.05, 3.63) is 59.9 Å². The summed E-state index contributed by atoms with van der Waals surface area (Å²) in [5.41, 5.74) is 1.45. The van der Waals surface area contributed by atoms with Crippen LogP contribution in [0.1, 0.15) is 36.5 Å². The molecule has 0 radical (unpaired) electrons. The van der Waals surface area contributed by atoms with Gasteiger partial charge >= 0.3 is 0 Å². The van der Waals surface area contributed by atoms with Crippen LogP contribution in [0.25, 0.3) is 0 Å². The summed E-state index contributed by atoms with van der Waals surface area (Å²) in [6.07, 6.45) is 3.12. The van der Waals surface area contributed by atoms with E-state index < -0.39 is 5.25 Å². The van der Waals surface area contributed by atoms with Crippen LogP contribution in [0.5, 0.6) is 0 Å². The molecule has 8 heteroatoms. The fourth-order valence-corrected chi connectivity index (χ4v) is 3.97. The molecule has 1 aliphatic rings. The highest BCUT2D eigenvalue weighted by atomic mass is 32.2. The van der Waals surface area contributed by atoms with Crippen molar-refractivity contribution in [3.63, 3.8) is 0 Å². The van der Waals surface area contributed by atoms with Crippen LogP contribution in [-0.4, -0.2) is 46.7 Å². The number of carbonyl (C=O) groups is 3. The fourth-order valence-electron chi connectivity index (χ4n) is 3.29. The van der Waals surface area contributed by atoms with Crippen molar-refractivity contribution in [3.8, 4) is 0 Å². The van der Waals surface area contributed by atoms with Crippen molar-refractivity contribution < 1.29 is 18.8 Å². The van der Waals surface area contributed by atoms with Crippen LogP contribution in [-0.2, 0) is 9.59 Å². The summed E-state index contributed by atoms with van der Waals surface area (Å²) in [5.74, 6) is -0.943. The predicted molar refractivity (Wildman–Crippen MR) is 122 cm³/mol. The first-order valence-corrected chi connectivity index (χ1v) is 11.3. The van der Waals surface area contributed by atoms with E-state index in [0.29, 0.717) is 16.9 Å². The zero-order valence-electron chi connectivity index (χ0n) is 17.4. The zero-order valence-corrected chi connectivity index (χ0v) is 18.2. The second-order valence-corrected chi connectivity index (χ2v) is 8.73. The summed E-state index contributed by atoms with van der Waals surface area (Å²) >= 11 is 1.18. The zero-order chi connectivity index (χ0) is 22.2. The average molecular weight is 444 g/mol. The molecule has 1 heterocycles. The number of hydrogen-bond acceptors (Lipinski definition) is 4. The summed E-state index contributed by atoms with van der Waals surface area (Å²) in [6.45, 7) is 3.17. The minimum Gasteiger partial charge on any atom is -0.339 e. The summed E-state index contributed by atoms with van der Waals surface area (Å²) in [6, 6.07) is 12.5. The van der Waals surface area contributed by atoms with Gasteiger partial charge in [-0.05, 0) is 62.6 Å². The number of benzene rings is 2. The van der Waals surface area contributed by atoms with E-state index in [4.69, 9.17) is 0 Å². The highest BCUT2D eigenvalue weighted by molar-refractivity contribution is 8.01. The van der Waals surface area contributed by atoms with E-state index in [2.05, 4.69) is 10.6 Å². The van der Waals surface area contributed by atoms with Crippen LogP contribution in [0.3, 0.4) is 0 Å². The lowest BCUT2D eigenvalue weighted by atomic mass is 10.1. The van der Waals surface area contributed by atoms with E-state index in [-0.39, 0.29) is 29.3 Å². The molecule has 1 saturated heterocycles. The number of thioether (sulfide) groups is 1. The molecule has 1 unspecified atom stereocenters. The van der Waals surface area contributed by atoms with Crippen molar-refractivity contribution in [2.45, 2.75) is 31.4 Å². The molecule has 2 aromatic carbocycles. The fraction of sp³-hybridized carbons (Fsp3) is 0.348. The standard InChI is InChI=1S/C23H26FN3O3S/c1-16(31-15-21(28)25-18-11-9-17(24)10-12-18)22(29)26-20-8-4-3-7-19(20)23(30)27-13-5-2-6-14-27/h3-4,7-12,16H,2,5-6,13-15H2,1H3,(H,25,28)(H,26,29). The number of anilines is 2. The van der Waals surface area contributed by atoms with Gasteiger partial charge in [-0.3, -0.25) is 14.4 Å². The van der Waals surface area contributed by atoms with Gasteiger partial charge in [-0.15, -0.1) is 11.8 Å². The number of piperidine rings is 1. The molecule has 2 N–H and O–H groups in total. The molecule has 0 saturated carbocycles. The smallest absolute Gasteiger partial charge is 0.255 e. The van der Waals surface area contributed by atoms with Gasteiger partial charge < -0.3 is 15.5 Å². The molecule has 164 valence electrons. The third-order valence-electron chi connectivity index (χ3n) is 5.02. The summed E-state index contributed by atoms with van der Waals surface area (Å²) in [5, 5.41) is 4.99. The molecule has 3 rings (SSSR count). The van der Waals surface area contributed by atoms with Crippen molar-refractivity contribution >= 4 is 40.9 Å². The molecule has 0 bridgehead atoms. The number of para-hydroxylation sites is 1. The molecule has 0 aromatic heterocycles. The number of nitrogens with one attached hydrogen (secondary N) is 2. The summed E-state index contributed by atoms with van der Waals surface area (Å²) in [7, 11) is 0. The van der Waals surface area contributed by atoms with Crippen molar-refractivity contribution in [2.75, 3.05) is 29.5 Å². The number of likely N-dealkylation sites (tertiary alicyclic amines) is 1. The minimum atomic E-state index is -0.503. The number of rotatable bonds is 7. The monoisotopic (exact) mass is 443 g/mol. The van der Waals surface area contributed by atoms with E-state index in [1.807, 2.05) is 4.90 Å². The maximum Gasteiger partial charge on any atom is 0.255 e. The van der Waals surface area contributed by atoms with Crippen molar-refractivity contribution in [1.29, 1.82) is 0 Å². The molecular weight excluding hydrogens is 417 g/mol. The Morgan fingerprint density at radius 1 is 1.00 bits per heavy atom. The molecule has 1 fully saturated rings. The first-order valence-electron chi connectivity index (χ1n) is 10.3. The van der Waals surface area contributed by atoms with E-state index in [1.165, 1.54) is 36.0 Å². The highest BCUT2D eigenvalue weighted by Crippen LogP contribution is 2.22. The maximum absolute atomic E-state index is 12.9. The van der Waals surface area contributed by atoms with Crippen LogP contribution in [0.4, 0.5) is 15.8 Å². The lowest BCUT2D eigenvalue weighted by molar-refractivity contribution is -0.115. The maximum atomic E-state index is 12.9. The molecule has 2 aromatic rings. The van der Waals surface area contributed by atoms with Gasteiger partial charge in [0.2, 0.25) is 11.8 Å². The van der Waals surface area contributed by atoms with Crippen LogP contribution in [0, 0.1) is 5.82 Å². The molecule has 1 aliphatic heterocycles. The number of hydrogen-bond donors (Lipinski definition) is 2. The van der Waals surface area contributed by atoms with Gasteiger partial charge in [-0.1, -0.05) is 12.1 Å². The van der Waals surface area contributed by atoms with Crippen molar-refractivity contribution in [1.82, 2.24) is 4.90 Å². The van der Waals surface area contributed by atoms with Crippen molar-refractivity contribution in [2.24, 2.45) is 0 Å². The van der Waals surface area contributed by atoms with E-state index in [9.17, 15) is 18.8 Å². The SMILES string of the molecule is CC(SCC(=O)Nc1ccc(F)cc1)C(=O)Nc1ccccc1C(=O)N1CCCCC1. The first-order chi connectivity index (χ1) is 14.9. The van der Waals surface area contributed by atoms with Crippen LogP contribution >= 0.6 is 11.8 Å². The topological polar surface area (TPSA) is 78.5 Å². The van der Waals surface area contributed by atoms with E-state index in [1.54, 1.807) is 31.2 Å². The van der Waals surface area contributed by atoms with E-state index >= 15 is 0 Å². The van der Waals surface area contributed by atoms with Crippen LogP contribution < -0.4 is 10.6 Å². The van der Waals surface area contributed by atoms with Crippen LogP contribution in [0.15, 0.2) is 48.5 Å². The lowest BCUT2D eigenvalue weighted by Crippen LogP contribution is -2.36. The Morgan fingerprint density at radius 3 is 2.39 bits per heavy atom. The molecule has 0 aliphatic carbocycles. The van der Waals surface area contributed by atoms with Crippen LogP contribution in [0.2, 0.25) is 0 Å². The Bertz CT molecular complexity index is 930. The largest absolute Gasteiger partial charge is 0.339 e. The second kappa shape index (κ2) is 10.9. The first kappa shape index (κ1) is 22.8. The Hall–Kier alpha value is -2.87. The average Bonchev–Trinajstić information content (AvgIpc) is 2.79. The Morgan fingerprint density at radius 2 is 1.68 bits per heavy atom. The molecule has 6 nitrogen and oxygen atoms in total. The third-order valence-corrected chi connectivity index (χ3v) is 6.16. The number of amides is 3. The molecular formula is C23H26FN3O3S. The van der Waals surface area contributed by atoms with Gasteiger partial charge in [0.15, 0.2) is 0 Å². The molecule has 1 atom stereocenters. The van der Waals surface area contributed by atoms with Gasteiger partial charge in [-0.2, -0.15) is 0 Å². The van der Waals surface area contributed by atoms with Gasteiger partial charge in [-0.25, -0.2) is 4.39 Å². The predicted octanol–water partition coefficient (Wildman–Crippen LogP) is 4.15. The molecule has 0 spiro atoms. The minimum absolute atomic E-state index is 0.0698. The lowest BCUT2D eigenvalue weighted by Gasteiger charge is -2.27. The number of halogens is 1. The molecule has 3 amide bonds. The van der Waals surface area contributed by atoms with E-state index in [0.717, 1.165) is 32.4 Å². The van der Waals surface area contributed by atoms with Gasteiger partial charge in [0.25, 0.3) is 5.91 Å². The van der Waals surface area contributed by atoms with Gasteiger partial charge in [0.1, 0.15) is 5.82 Å². The Labute approximate surface area is 185 Å². The Balaban J connectivity index is 1.54. The Kier molecular flexibility index (Phi) is 8.06. The summed E-state index contributed by atoms with van der Waals surface area (Å²) < 4.78 is 12.9. The number of nitrogens with zero attached hydrogens (tertiary/aromatic N) is 1. The quantitative estimate of drug-likeness (QED) is 0.674. The second-order valence-electron chi connectivity index (χ2n) is 7.40. The summed E-state index contributed by atoms with van der Waals surface area (Å²) in [4.78, 5) is 39.4.